The molecule has 0 spiro atoms. The number of allylic oxidation sites excluding steroid dienone is 2. The molecule has 0 saturated heterocycles. The molecule has 30 heavy (non-hydrogen) atoms. The predicted octanol–water partition coefficient (Wildman–Crippen LogP) is 4.19. The monoisotopic (exact) mass is 429 g/mol. The lowest BCUT2D eigenvalue weighted by Crippen LogP contribution is -2.36. The first kappa shape index (κ1) is 20.3. The highest BCUT2D eigenvalue weighted by molar-refractivity contribution is 7.15. The van der Waals surface area contributed by atoms with E-state index in [0.717, 1.165) is 11.3 Å². The standard InChI is InChI=1S/C22H20FNO5S/c1-2-29-22(28)18-15(11-5-7-14(23)8-6-11)10-30-20(18)24-19(25)16-12-3-4-13(9-12)17(16)21(26)27/h3-8,10,12-13,16-17H,2,9H2,1H3,(H,24,25)(H,26,27)/t12-,13-,16-,17-/m0/s1. The first-order chi connectivity index (χ1) is 14.4. The van der Waals surface area contributed by atoms with Gasteiger partial charge in [0.2, 0.25) is 5.91 Å². The fourth-order valence-corrected chi connectivity index (χ4v) is 5.37. The number of ether oxygens (including phenoxy) is 1. The van der Waals surface area contributed by atoms with Crippen LogP contribution in [-0.4, -0.2) is 29.6 Å². The van der Waals surface area contributed by atoms with Crippen molar-refractivity contribution in [3.05, 3.63) is 53.2 Å². The lowest BCUT2D eigenvalue weighted by Gasteiger charge is -2.23. The molecule has 1 saturated carbocycles. The van der Waals surface area contributed by atoms with Gasteiger partial charge in [-0.05, 0) is 42.9 Å². The smallest absolute Gasteiger partial charge is 0.341 e. The van der Waals surface area contributed by atoms with Crippen LogP contribution in [0.15, 0.2) is 41.8 Å². The van der Waals surface area contributed by atoms with Crippen molar-refractivity contribution in [2.24, 2.45) is 23.7 Å². The quantitative estimate of drug-likeness (QED) is 0.531. The van der Waals surface area contributed by atoms with Crippen molar-refractivity contribution in [3.8, 4) is 11.1 Å². The summed E-state index contributed by atoms with van der Waals surface area (Å²) in [6.07, 6.45) is 4.42. The van der Waals surface area contributed by atoms with Gasteiger partial charge in [0.1, 0.15) is 16.4 Å². The summed E-state index contributed by atoms with van der Waals surface area (Å²) in [5.74, 6) is -4.15. The first-order valence-corrected chi connectivity index (χ1v) is 10.5. The van der Waals surface area contributed by atoms with E-state index in [0.29, 0.717) is 22.5 Å². The average molecular weight is 429 g/mol. The molecule has 6 nitrogen and oxygen atoms in total. The van der Waals surface area contributed by atoms with Crippen LogP contribution >= 0.6 is 11.3 Å². The molecule has 1 fully saturated rings. The maximum atomic E-state index is 13.3. The molecule has 1 amide bonds. The van der Waals surface area contributed by atoms with Crippen molar-refractivity contribution >= 4 is 34.2 Å². The number of carbonyl (C=O) groups excluding carboxylic acids is 2. The molecule has 0 unspecified atom stereocenters. The van der Waals surface area contributed by atoms with Gasteiger partial charge in [-0.15, -0.1) is 11.3 Å². The Hall–Kier alpha value is -3.00. The average Bonchev–Trinajstić information content (AvgIpc) is 3.42. The third-order valence-corrected chi connectivity index (χ3v) is 6.61. The number of nitrogens with one attached hydrogen (secondary N) is 1. The van der Waals surface area contributed by atoms with E-state index in [4.69, 9.17) is 4.74 Å². The van der Waals surface area contributed by atoms with Crippen LogP contribution in [0.4, 0.5) is 9.39 Å². The van der Waals surface area contributed by atoms with Gasteiger partial charge in [-0.1, -0.05) is 24.3 Å². The van der Waals surface area contributed by atoms with E-state index in [1.54, 1.807) is 24.4 Å². The number of carbonyl (C=O) groups is 3. The minimum atomic E-state index is -0.990. The number of amides is 1. The van der Waals surface area contributed by atoms with E-state index in [1.807, 2.05) is 12.2 Å². The van der Waals surface area contributed by atoms with Gasteiger partial charge in [0, 0.05) is 10.9 Å². The van der Waals surface area contributed by atoms with E-state index < -0.39 is 35.5 Å². The normalized spacial score (nSPS) is 24.1. The second-order valence-corrected chi connectivity index (χ2v) is 8.29. The zero-order valence-corrected chi connectivity index (χ0v) is 16.9. The van der Waals surface area contributed by atoms with Gasteiger partial charge in [0.15, 0.2) is 0 Å². The summed E-state index contributed by atoms with van der Waals surface area (Å²) in [4.78, 5) is 37.4. The summed E-state index contributed by atoms with van der Waals surface area (Å²) in [6, 6.07) is 5.68. The van der Waals surface area contributed by atoms with Gasteiger partial charge in [0.05, 0.1) is 18.4 Å². The van der Waals surface area contributed by atoms with Crippen molar-refractivity contribution in [2.75, 3.05) is 11.9 Å². The number of benzene rings is 1. The lowest BCUT2D eigenvalue weighted by atomic mass is 9.82. The van der Waals surface area contributed by atoms with E-state index in [2.05, 4.69) is 5.32 Å². The zero-order valence-electron chi connectivity index (χ0n) is 16.1. The highest BCUT2D eigenvalue weighted by Gasteiger charge is 2.51. The Labute approximate surface area is 176 Å². The highest BCUT2D eigenvalue weighted by Crippen LogP contribution is 2.49. The third-order valence-electron chi connectivity index (χ3n) is 5.71. The summed E-state index contributed by atoms with van der Waals surface area (Å²) < 4.78 is 18.5. The van der Waals surface area contributed by atoms with Crippen LogP contribution in [0.2, 0.25) is 0 Å². The molecule has 1 heterocycles. The largest absolute Gasteiger partial charge is 0.481 e. The topological polar surface area (TPSA) is 92.7 Å². The molecule has 1 aromatic carbocycles. The molecular weight excluding hydrogens is 409 g/mol. The number of esters is 1. The molecule has 4 rings (SSSR count). The Balaban J connectivity index is 1.66. The maximum absolute atomic E-state index is 13.3. The Morgan fingerprint density at radius 2 is 1.83 bits per heavy atom. The molecular formula is C22H20FNO5S. The van der Waals surface area contributed by atoms with E-state index >= 15 is 0 Å². The van der Waals surface area contributed by atoms with E-state index in [9.17, 15) is 23.9 Å². The van der Waals surface area contributed by atoms with Crippen molar-refractivity contribution in [2.45, 2.75) is 13.3 Å². The van der Waals surface area contributed by atoms with Gasteiger partial charge in [-0.3, -0.25) is 9.59 Å². The molecule has 1 aromatic heterocycles. The lowest BCUT2D eigenvalue weighted by molar-refractivity contribution is -0.146. The van der Waals surface area contributed by atoms with Gasteiger partial charge < -0.3 is 15.2 Å². The fraction of sp³-hybridized carbons (Fsp3) is 0.318. The fourth-order valence-electron chi connectivity index (χ4n) is 4.41. The van der Waals surface area contributed by atoms with Gasteiger partial charge in [0.25, 0.3) is 0 Å². The Bertz CT molecular complexity index is 1030. The minimum Gasteiger partial charge on any atom is -0.481 e. The van der Waals surface area contributed by atoms with Crippen LogP contribution < -0.4 is 5.32 Å². The SMILES string of the molecule is CCOC(=O)c1c(-c2ccc(F)cc2)csc1NC(=O)[C@@H]1[C@@H](C(=O)O)[C@H]2C=C[C@H]1C2. The molecule has 2 bridgehead atoms. The number of halogens is 1. The second kappa shape index (κ2) is 8.02. The van der Waals surface area contributed by atoms with E-state index in [-0.39, 0.29) is 24.0 Å². The van der Waals surface area contributed by atoms with Crippen molar-refractivity contribution < 1.29 is 28.6 Å². The molecule has 8 heteroatoms. The third kappa shape index (κ3) is 3.52. The van der Waals surface area contributed by atoms with Crippen LogP contribution in [0.5, 0.6) is 0 Å². The van der Waals surface area contributed by atoms with Crippen molar-refractivity contribution in [3.63, 3.8) is 0 Å². The number of hydrogen-bond donors (Lipinski definition) is 2. The molecule has 4 atom stereocenters. The molecule has 0 radical (unpaired) electrons. The predicted molar refractivity (Wildman–Crippen MR) is 110 cm³/mol. The number of thiophene rings is 1. The van der Waals surface area contributed by atoms with Crippen molar-refractivity contribution in [1.29, 1.82) is 0 Å². The minimum absolute atomic E-state index is 0.126. The number of fused-ring (bicyclic) bond motifs is 2. The Morgan fingerprint density at radius 3 is 2.47 bits per heavy atom. The first-order valence-electron chi connectivity index (χ1n) is 9.67. The molecule has 156 valence electrons. The Morgan fingerprint density at radius 1 is 1.17 bits per heavy atom. The van der Waals surface area contributed by atoms with Gasteiger partial charge in [-0.2, -0.15) is 0 Å². The number of carboxylic acids is 1. The molecule has 2 aliphatic rings. The maximum Gasteiger partial charge on any atom is 0.341 e. The van der Waals surface area contributed by atoms with Crippen LogP contribution in [-0.2, 0) is 14.3 Å². The summed E-state index contributed by atoms with van der Waals surface area (Å²) >= 11 is 1.15. The van der Waals surface area contributed by atoms with Crippen LogP contribution in [0.25, 0.3) is 11.1 Å². The van der Waals surface area contributed by atoms with Crippen molar-refractivity contribution in [1.82, 2.24) is 0 Å². The summed E-state index contributed by atoms with van der Waals surface area (Å²) in [5, 5.41) is 14.4. The van der Waals surface area contributed by atoms with E-state index in [1.165, 1.54) is 12.1 Å². The summed E-state index contributed by atoms with van der Waals surface area (Å²) in [6.45, 7) is 1.84. The molecule has 2 aliphatic carbocycles. The van der Waals surface area contributed by atoms with Crippen LogP contribution in [0.3, 0.4) is 0 Å². The number of anilines is 1. The highest BCUT2D eigenvalue weighted by atomic mass is 32.1. The van der Waals surface area contributed by atoms with Crippen LogP contribution in [0, 0.1) is 29.5 Å². The summed E-state index contributed by atoms with van der Waals surface area (Å²) in [5.41, 5.74) is 1.33. The number of hydrogen-bond acceptors (Lipinski definition) is 5. The zero-order chi connectivity index (χ0) is 21.4. The summed E-state index contributed by atoms with van der Waals surface area (Å²) in [7, 11) is 0. The Kier molecular flexibility index (Phi) is 5.42. The number of aliphatic carboxylic acids is 1. The van der Waals surface area contributed by atoms with Gasteiger partial charge >= 0.3 is 11.9 Å². The molecule has 2 N–H and O–H groups in total. The second-order valence-electron chi connectivity index (χ2n) is 7.41. The van der Waals surface area contributed by atoms with Crippen LogP contribution in [0.1, 0.15) is 23.7 Å². The number of rotatable bonds is 6. The number of carboxylic acid groups (broad SMARTS) is 1. The van der Waals surface area contributed by atoms with Gasteiger partial charge in [-0.25, -0.2) is 9.18 Å². The molecule has 2 aromatic rings. The molecule has 0 aliphatic heterocycles.